The molecular formula is C16H26BrN3O. The van der Waals surface area contributed by atoms with E-state index in [0.29, 0.717) is 18.6 Å². The summed E-state index contributed by atoms with van der Waals surface area (Å²) in [5, 5.41) is 6.07. The van der Waals surface area contributed by atoms with Gasteiger partial charge in [0.2, 0.25) is 5.91 Å². The average Bonchev–Trinajstić information content (AvgIpc) is 2.37. The van der Waals surface area contributed by atoms with E-state index >= 15 is 0 Å². The maximum Gasteiger partial charge on any atom is 0.238 e. The van der Waals surface area contributed by atoms with Crippen LogP contribution in [0.2, 0.25) is 0 Å². The molecule has 1 aromatic carbocycles. The molecule has 0 bridgehead atoms. The highest BCUT2D eigenvalue weighted by Gasteiger charge is 2.12. The fraction of sp³-hybridized carbons (Fsp3) is 0.562. The second-order valence-corrected chi connectivity index (χ2v) is 6.58. The Labute approximate surface area is 136 Å². The third kappa shape index (κ3) is 7.07. The number of carbonyl (C=O) groups excluding carboxylic acids is 1. The molecule has 0 unspecified atom stereocenters. The first-order chi connectivity index (χ1) is 9.90. The number of hydrogen-bond acceptors (Lipinski definition) is 3. The van der Waals surface area contributed by atoms with Crippen LogP contribution in [0, 0.1) is 0 Å². The Morgan fingerprint density at radius 1 is 1.24 bits per heavy atom. The van der Waals surface area contributed by atoms with Crippen LogP contribution in [-0.2, 0) is 4.79 Å². The molecule has 0 atom stereocenters. The molecule has 0 spiro atoms. The molecule has 0 aliphatic heterocycles. The van der Waals surface area contributed by atoms with Crippen molar-refractivity contribution in [3.63, 3.8) is 0 Å². The molecule has 1 aromatic rings. The lowest BCUT2D eigenvalue weighted by Crippen LogP contribution is -2.42. The molecule has 0 aliphatic rings. The largest absolute Gasteiger partial charge is 0.325 e. The summed E-state index contributed by atoms with van der Waals surface area (Å²) in [5.74, 6) is -0.0197. The van der Waals surface area contributed by atoms with Crippen LogP contribution in [-0.4, -0.2) is 42.5 Å². The van der Waals surface area contributed by atoms with E-state index in [2.05, 4.69) is 59.2 Å². The lowest BCUT2D eigenvalue weighted by Gasteiger charge is -2.30. The molecule has 5 heteroatoms. The maximum atomic E-state index is 11.8. The molecule has 0 fully saturated rings. The van der Waals surface area contributed by atoms with Crippen molar-refractivity contribution in [2.45, 2.75) is 39.8 Å². The van der Waals surface area contributed by atoms with Crippen molar-refractivity contribution >= 4 is 27.5 Å². The molecular weight excluding hydrogens is 330 g/mol. The highest BCUT2D eigenvalue weighted by molar-refractivity contribution is 9.10. The van der Waals surface area contributed by atoms with Crippen LogP contribution < -0.4 is 10.6 Å². The molecule has 21 heavy (non-hydrogen) atoms. The fourth-order valence-corrected chi connectivity index (χ4v) is 2.69. The number of hydrogen-bond donors (Lipinski definition) is 2. The Hall–Kier alpha value is -0.910. The second-order valence-electron chi connectivity index (χ2n) is 5.66. The molecule has 1 rings (SSSR count). The summed E-state index contributed by atoms with van der Waals surface area (Å²) in [4.78, 5) is 14.2. The van der Waals surface area contributed by atoms with Gasteiger partial charge in [0.05, 0.1) is 6.54 Å². The van der Waals surface area contributed by atoms with Gasteiger partial charge in [-0.3, -0.25) is 9.69 Å². The molecule has 2 N–H and O–H groups in total. The van der Waals surface area contributed by atoms with Gasteiger partial charge in [0.1, 0.15) is 0 Å². The maximum absolute atomic E-state index is 11.8. The average molecular weight is 356 g/mol. The first kappa shape index (κ1) is 18.1. The summed E-state index contributed by atoms with van der Waals surface area (Å²) in [5.41, 5.74) is 0.808. The van der Waals surface area contributed by atoms with Gasteiger partial charge in [0.15, 0.2) is 0 Å². The van der Waals surface area contributed by atoms with Crippen molar-refractivity contribution in [2.24, 2.45) is 0 Å². The summed E-state index contributed by atoms with van der Waals surface area (Å²) in [6, 6.07) is 8.62. The lowest BCUT2D eigenvalue weighted by molar-refractivity contribution is -0.115. The zero-order valence-corrected chi connectivity index (χ0v) is 14.9. The van der Waals surface area contributed by atoms with E-state index < -0.39 is 0 Å². The van der Waals surface area contributed by atoms with Crippen molar-refractivity contribution in [3.05, 3.63) is 28.7 Å². The molecule has 4 nitrogen and oxygen atoms in total. The number of halogens is 1. The molecule has 0 heterocycles. The number of nitrogens with one attached hydrogen (secondary N) is 2. The van der Waals surface area contributed by atoms with Crippen molar-refractivity contribution in [2.75, 3.05) is 25.0 Å². The SMILES string of the molecule is CC(C)N(CCNCC(=O)Nc1cccc(Br)c1)C(C)C. The number of rotatable bonds is 8. The van der Waals surface area contributed by atoms with Gasteiger partial charge in [-0.25, -0.2) is 0 Å². The normalized spacial score (nSPS) is 11.4. The Kier molecular flexibility index (Phi) is 7.93. The van der Waals surface area contributed by atoms with Gasteiger partial charge in [-0.15, -0.1) is 0 Å². The predicted molar refractivity (Wildman–Crippen MR) is 92.6 cm³/mol. The van der Waals surface area contributed by atoms with Crippen LogP contribution in [0.4, 0.5) is 5.69 Å². The third-order valence-corrected chi connectivity index (χ3v) is 3.76. The van der Waals surface area contributed by atoms with Gasteiger partial charge in [0.25, 0.3) is 0 Å². The van der Waals surface area contributed by atoms with Crippen LogP contribution >= 0.6 is 15.9 Å². The van der Waals surface area contributed by atoms with Crippen molar-refractivity contribution in [1.29, 1.82) is 0 Å². The second kappa shape index (κ2) is 9.18. The Morgan fingerprint density at radius 2 is 1.90 bits per heavy atom. The van der Waals surface area contributed by atoms with E-state index in [1.54, 1.807) is 0 Å². The fourth-order valence-electron chi connectivity index (χ4n) is 2.29. The zero-order chi connectivity index (χ0) is 15.8. The minimum absolute atomic E-state index is 0.0197. The number of amides is 1. The highest BCUT2D eigenvalue weighted by atomic mass is 79.9. The summed E-state index contributed by atoms with van der Waals surface area (Å²) >= 11 is 3.39. The minimum atomic E-state index is -0.0197. The Bertz CT molecular complexity index is 441. The van der Waals surface area contributed by atoms with E-state index in [9.17, 15) is 4.79 Å². The molecule has 0 aliphatic carbocycles. The van der Waals surface area contributed by atoms with Crippen LogP contribution in [0.25, 0.3) is 0 Å². The van der Waals surface area contributed by atoms with Gasteiger partial charge in [-0.05, 0) is 45.9 Å². The molecule has 0 saturated carbocycles. The molecule has 1 amide bonds. The van der Waals surface area contributed by atoms with E-state index in [4.69, 9.17) is 0 Å². The number of anilines is 1. The highest BCUT2D eigenvalue weighted by Crippen LogP contribution is 2.15. The number of carbonyl (C=O) groups is 1. The van der Waals surface area contributed by atoms with Gasteiger partial charge in [-0.1, -0.05) is 22.0 Å². The predicted octanol–water partition coefficient (Wildman–Crippen LogP) is 3.10. The number of nitrogens with zero attached hydrogens (tertiary/aromatic N) is 1. The molecule has 0 radical (unpaired) electrons. The zero-order valence-electron chi connectivity index (χ0n) is 13.3. The molecule has 0 aromatic heterocycles. The lowest BCUT2D eigenvalue weighted by atomic mass is 10.2. The van der Waals surface area contributed by atoms with E-state index in [0.717, 1.165) is 23.2 Å². The minimum Gasteiger partial charge on any atom is -0.325 e. The standard InChI is InChI=1S/C16H26BrN3O/c1-12(2)20(13(3)4)9-8-18-11-16(21)19-15-7-5-6-14(17)10-15/h5-7,10,12-13,18H,8-9,11H2,1-4H3,(H,19,21). The summed E-state index contributed by atoms with van der Waals surface area (Å²) in [7, 11) is 0. The summed E-state index contributed by atoms with van der Waals surface area (Å²) in [6.07, 6.45) is 0. The first-order valence-corrected chi connectivity index (χ1v) is 8.21. The van der Waals surface area contributed by atoms with Crippen molar-refractivity contribution in [1.82, 2.24) is 10.2 Å². The van der Waals surface area contributed by atoms with Gasteiger partial charge in [-0.2, -0.15) is 0 Å². The van der Waals surface area contributed by atoms with Gasteiger partial charge >= 0.3 is 0 Å². The monoisotopic (exact) mass is 355 g/mol. The topological polar surface area (TPSA) is 44.4 Å². The molecule has 118 valence electrons. The first-order valence-electron chi connectivity index (χ1n) is 7.42. The van der Waals surface area contributed by atoms with Crippen LogP contribution in [0.5, 0.6) is 0 Å². The van der Waals surface area contributed by atoms with Gasteiger partial charge < -0.3 is 10.6 Å². The van der Waals surface area contributed by atoms with Crippen molar-refractivity contribution in [3.8, 4) is 0 Å². The van der Waals surface area contributed by atoms with Crippen molar-refractivity contribution < 1.29 is 4.79 Å². The quantitative estimate of drug-likeness (QED) is 0.704. The van der Waals surface area contributed by atoms with Crippen LogP contribution in [0.1, 0.15) is 27.7 Å². The van der Waals surface area contributed by atoms with Crippen LogP contribution in [0.3, 0.4) is 0 Å². The van der Waals surface area contributed by atoms with Crippen LogP contribution in [0.15, 0.2) is 28.7 Å². The van der Waals surface area contributed by atoms with E-state index in [1.807, 2.05) is 24.3 Å². The Morgan fingerprint density at radius 3 is 2.48 bits per heavy atom. The number of benzene rings is 1. The van der Waals surface area contributed by atoms with E-state index in [1.165, 1.54) is 0 Å². The molecule has 0 saturated heterocycles. The van der Waals surface area contributed by atoms with E-state index in [-0.39, 0.29) is 5.91 Å². The Balaban J connectivity index is 2.27. The smallest absolute Gasteiger partial charge is 0.238 e. The summed E-state index contributed by atoms with van der Waals surface area (Å²) in [6.45, 7) is 10.9. The third-order valence-electron chi connectivity index (χ3n) is 3.27. The van der Waals surface area contributed by atoms with Gasteiger partial charge in [0, 0.05) is 35.3 Å². The summed E-state index contributed by atoms with van der Waals surface area (Å²) < 4.78 is 0.956.